The van der Waals surface area contributed by atoms with Crippen LogP contribution >= 0.6 is 23.5 Å². The molecule has 5 aromatic rings. The molecule has 0 spiro atoms. The van der Waals surface area contributed by atoms with Crippen molar-refractivity contribution in [2.45, 2.75) is 76.9 Å². The number of carbonyl (C=O) groups excluding carboxylic acids is 3. The van der Waals surface area contributed by atoms with Crippen LogP contribution < -0.4 is 41.2 Å². The predicted molar refractivity (Wildman–Crippen MR) is 278 cm³/mol. The second-order valence-corrected chi connectivity index (χ2v) is 23.3. The van der Waals surface area contributed by atoms with E-state index in [4.69, 9.17) is 34.3 Å². The second-order valence-electron chi connectivity index (χ2n) is 18.8. The maximum atomic E-state index is 14.5. The number of hydrogen-bond donors (Lipinski definition) is 8. The Morgan fingerprint density at radius 3 is 2.46 bits per heavy atom. The number of amides is 3. The first-order valence-electron chi connectivity index (χ1n) is 25.1. The number of nitrogens with one attached hydrogen (secondary N) is 2. The summed E-state index contributed by atoms with van der Waals surface area (Å²) in [6.45, 7) is 6.87. The Labute approximate surface area is 446 Å². The highest BCUT2D eigenvalue weighted by Crippen LogP contribution is 2.66. The number of imidazole rings is 1. The van der Waals surface area contributed by atoms with Gasteiger partial charge in [-0.15, -0.1) is 0 Å². The molecular formula is C48H60N10O17P3+. The SMILES string of the molecule is CCN1CCCc2cc3c(cc21)Oc1cc2c(cc1=C3c1ccccc1C(=O)N(C)CCCC(=O)NCCNC(=O)O[C@H]1[C@@H](O)[C@H](n3cnc4c(N)ncnc43)O[C@@H]1COP(=O)(O)OP(=O)(O)OP(=O)(O)O)CCC[N+]=2CC. The maximum absolute atomic E-state index is 14.5. The van der Waals surface area contributed by atoms with Crippen molar-refractivity contribution in [3.63, 3.8) is 0 Å². The first-order chi connectivity index (χ1) is 37.1. The molecule has 6 atom stereocenters. The summed E-state index contributed by atoms with van der Waals surface area (Å²) in [5.41, 5.74) is 12.8. The molecule has 418 valence electrons. The fourth-order valence-electron chi connectivity index (χ4n) is 10.2. The van der Waals surface area contributed by atoms with E-state index < -0.39 is 60.7 Å². The Balaban J connectivity index is 0.823. The number of ether oxygens (including phenoxy) is 3. The number of nitrogen functional groups attached to an aromatic ring is 1. The van der Waals surface area contributed by atoms with E-state index in [1.807, 2.05) is 24.3 Å². The van der Waals surface area contributed by atoms with Crippen LogP contribution in [0.4, 0.5) is 16.3 Å². The van der Waals surface area contributed by atoms with Crippen LogP contribution in [0.25, 0.3) is 16.7 Å². The summed E-state index contributed by atoms with van der Waals surface area (Å²) in [7, 11) is -15.6. The standard InChI is InChI=1S/C48H59N10O17P3/c1-4-56-19-8-11-28-21-32-36(23-34(28)56)71-37-24-35-29(12-9-20-57(35)5-2)22-33(37)40(32)30-13-6-7-14-31(30)46(61)55(3)18-10-15-39(59)50-16-17-51-48(62)73-43-38(25-70-77(66,67)75-78(68,69)74-76(63,64)65)72-47(42(43)60)58-27-54-41-44(49)52-26-53-45(41)58/h6-7,13-14,21-24,26-27,38,42-43,47,60H,4-5,8-12,15-20,25H2,1-3H3,(H7-,49,50,51,52,53,59,62,63,64,65,66,67,68,69)/p+1/t38-,42-,43-,47-/m1/s1. The van der Waals surface area contributed by atoms with Crippen molar-refractivity contribution in [1.82, 2.24) is 39.6 Å². The molecule has 27 nitrogen and oxygen atoms in total. The highest BCUT2D eigenvalue weighted by atomic mass is 31.3. The Kier molecular flexibility index (Phi) is 16.9. The Morgan fingerprint density at radius 1 is 0.923 bits per heavy atom. The van der Waals surface area contributed by atoms with Gasteiger partial charge < -0.3 is 65.1 Å². The maximum Gasteiger partial charge on any atom is 0.490 e. The largest absolute Gasteiger partial charge is 0.490 e. The molecule has 78 heavy (non-hydrogen) atoms. The molecule has 4 aliphatic rings. The van der Waals surface area contributed by atoms with Gasteiger partial charge in [-0.1, -0.05) is 18.2 Å². The van der Waals surface area contributed by atoms with Gasteiger partial charge >= 0.3 is 29.6 Å². The molecule has 0 aliphatic carbocycles. The zero-order valence-electron chi connectivity index (χ0n) is 42.7. The number of anilines is 2. The van der Waals surface area contributed by atoms with Crippen LogP contribution in [0.5, 0.6) is 11.5 Å². The Bertz CT molecular complexity index is 3430. The second kappa shape index (κ2) is 23.3. The highest BCUT2D eigenvalue weighted by molar-refractivity contribution is 7.66. The monoisotopic (exact) mass is 1140 g/mol. The van der Waals surface area contributed by atoms with Crippen molar-refractivity contribution in [2.75, 3.05) is 70.1 Å². The molecule has 0 bridgehead atoms. The van der Waals surface area contributed by atoms with E-state index in [0.717, 1.165) is 103 Å². The lowest BCUT2D eigenvalue weighted by atomic mass is 9.86. The van der Waals surface area contributed by atoms with E-state index in [2.05, 4.69) is 81.8 Å². The fraction of sp³-hybridized carbons (Fsp3) is 0.438. The smallest absolute Gasteiger partial charge is 0.456 e. The van der Waals surface area contributed by atoms with Gasteiger partial charge in [-0.2, -0.15) is 8.62 Å². The number of aliphatic hydroxyl groups is 1. The normalized spacial score (nSPS) is 20.3. The molecule has 30 heteroatoms. The number of phosphoric acid groups is 3. The van der Waals surface area contributed by atoms with Crippen molar-refractivity contribution < 1.29 is 80.1 Å². The summed E-state index contributed by atoms with van der Waals surface area (Å²) < 4.78 is 69.4. The summed E-state index contributed by atoms with van der Waals surface area (Å²) in [6, 6.07) is 16.4. The summed E-state index contributed by atoms with van der Waals surface area (Å²) >= 11 is 0. The molecule has 3 aromatic carbocycles. The summed E-state index contributed by atoms with van der Waals surface area (Å²) in [4.78, 5) is 94.0. The lowest BCUT2D eigenvalue weighted by Crippen LogP contribution is -2.42. The molecule has 0 radical (unpaired) electrons. The van der Waals surface area contributed by atoms with Crippen molar-refractivity contribution in [3.8, 4) is 11.5 Å². The summed E-state index contributed by atoms with van der Waals surface area (Å²) in [5.74, 6) is 0.854. The molecule has 2 unspecified atom stereocenters. The van der Waals surface area contributed by atoms with Crippen molar-refractivity contribution >= 4 is 69.6 Å². The molecule has 9 N–H and O–H groups in total. The van der Waals surface area contributed by atoms with Crippen LogP contribution in [0.1, 0.15) is 78.4 Å². The van der Waals surface area contributed by atoms with E-state index in [0.29, 0.717) is 12.0 Å². The number of hydrogen-bond acceptors (Lipinski definition) is 18. The van der Waals surface area contributed by atoms with Gasteiger partial charge in [0.05, 0.1) is 19.0 Å². The minimum atomic E-state index is -5.89. The highest BCUT2D eigenvalue weighted by Gasteiger charge is 2.50. The Hall–Kier alpha value is -6.18. The topological polar surface area (TPSA) is 362 Å². The molecular weight excluding hydrogens is 1080 g/mol. The quantitative estimate of drug-likeness (QED) is 0.0309. The zero-order chi connectivity index (χ0) is 55.7. The number of alkyl carbamates (subject to hydrolysis) is 1. The van der Waals surface area contributed by atoms with Crippen molar-refractivity contribution in [3.05, 3.63) is 99.6 Å². The van der Waals surface area contributed by atoms with E-state index in [-0.39, 0.29) is 54.9 Å². The third-order valence-electron chi connectivity index (χ3n) is 13.7. The predicted octanol–water partition coefficient (Wildman–Crippen LogP) is 2.36. The van der Waals surface area contributed by atoms with Gasteiger partial charge in [0, 0.05) is 91.8 Å². The molecule has 3 amide bonds. The first-order valence-corrected chi connectivity index (χ1v) is 29.7. The minimum absolute atomic E-state index is 0.0273. The van der Waals surface area contributed by atoms with E-state index in [9.17, 15) is 43.0 Å². The van der Waals surface area contributed by atoms with E-state index >= 15 is 0 Å². The number of nitrogens with zero attached hydrogens (tertiary/aromatic N) is 7. The minimum Gasteiger partial charge on any atom is -0.456 e. The van der Waals surface area contributed by atoms with E-state index in [1.165, 1.54) is 22.0 Å². The molecule has 2 aromatic heterocycles. The number of rotatable bonds is 20. The molecule has 0 saturated carbocycles. The van der Waals surface area contributed by atoms with Gasteiger partial charge in [0.1, 0.15) is 48.6 Å². The lowest BCUT2D eigenvalue weighted by Gasteiger charge is -2.33. The number of benzene rings is 3. The van der Waals surface area contributed by atoms with Crippen molar-refractivity contribution in [1.29, 1.82) is 0 Å². The molecule has 9 rings (SSSR count). The number of aromatic nitrogens is 4. The zero-order valence-corrected chi connectivity index (χ0v) is 45.4. The number of aryl methyl sites for hydroxylation is 2. The molecule has 1 saturated heterocycles. The van der Waals surface area contributed by atoms with Crippen LogP contribution in [-0.4, -0.2) is 145 Å². The average molecular weight is 1140 g/mol. The van der Waals surface area contributed by atoms with Crippen molar-refractivity contribution in [2.24, 2.45) is 0 Å². The third-order valence-corrected chi connectivity index (χ3v) is 17.5. The number of carbonyl (C=O) groups is 3. The number of aliphatic hydroxyl groups excluding tert-OH is 1. The first kappa shape index (κ1) is 56.5. The molecule has 1 fully saturated rings. The third kappa shape index (κ3) is 12.5. The van der Waals surface area contributed by atoms with Crippen LogP contribution in [0.3, 0.4) is 0 Å². The summed E-state index contributed by atoms with van der Waals surface area (Å²) in [5, 5.41) is 18.6. The number of nitrogens with two attached hydrogens (primary N) is 1. The van der Waals surface area contributed by atoms with Crippen LogP contribution in [0.15, 0.2) is 61.2 Å². The van der Waals surface area contributed by atoms with Crippen LogP contribution in [-0.2, 0) is 54.0 Å². The van der Waals surface area contributed by atoms with Crippen LogP contribution in [0.2, 0.25) is 0 Å². The molecule has 6 heterocycles. The van der Waals surface area contributed by atoms with E-state index in [1.54, 1.807) is 11.9 Å². The summed E-state index contributed by atoms with van der Waals surface area (Å²) in [6.07, 6.45) is -1.23. The van der Waals surface area contributed by atoms with Gasteiger partial charge in [0.2, 0.25) is 11.3 Å². The van der Waals surface area contributed by atoms with Gasteiger partial charge in [-0.05, 0) is 68.9 Å². The van der Waals surface area contributed by atoms with Gasteiger partial charge in [0.15, 0.2) is 23.8 Å². The van der Waals surface area contributed by atoms with Gasteiger partial charge in [-0.25, -0.2) is 38.0 Å². The average Bonchev–Trinajstić information content (AvgIpc) is 4.00. The Morgan fingerprint density at radius 2 is 1.69 bits per heavy atom. The lowest BCUT2D eigenvalue weighted by molar-refractivity contribution is -0.121. The molecule has 4 aliphatic heterocycles. The fourth-order valence-corrected chi connectivity index (χ4v) is 13.2. The number of phosphoric ester groups is 1. The van der Waals surface area contributed by atoms with Crippen LogP contribution in [0, 0.1) is 0 Å². The number of fused-ring (bicyclic) bond motifs is 5. The van der Waals surface area contributed by atoms with Gasteiger partial charge in [0.25, 0.3) is 5.91 Å². The van der Waals surface area contributed by atoms with Gasteiger partial charge in [-0.3, -0.25) is 18.7 Å².